The number of pyridine rings is 1. The molecule has 3 nitrogen and oxygen atoms in total. The topological polar surface area (TPSA) is 50.9 Å². The van der Waals surface area contributed by atoms with Crippen molar-refractivity contribution in [1.82, 2.24) is 4.98 Å². The lowest BCUT2D eigenvalue weighted by Crippen LogP contribution is -2.03. The monoisotopic (exact) mass is 277 g/mol. The number of hydrogen-bond acceptors (Lipinski definition) is 3. The van der Waals surface area contributed by atoms with Crippen LogP contribution in [0.25, 0.3) is 0 Å². The largest absolute Gasteiger partial charge is 0.383 e. The normalized spacial score (nSPS) is 10.1. The first-order valence-corrected chi connectivity index (χ1v) is 5.74. The molecule has 0 spiro atoms. The van der Waals surface area contributed by atoms with Crippen molar-refractivity contribution in [2.75, 3.05) is 11.1 Å². The van der Waals surface area contributed by atoms with Gasteiger partial charge in [0.2, 0.25) is 0 Å². The van der Waals surface area contributed by atoms with Gasteiger partial charge in [-0.15, -0.1) is 0 Å². The van der Waals surface area contributed by atoms with Crippen molar-refractivity contribution in [2.24, 2.45) is 0 Å². The predicted octanol–water partition coefficient (Wildman–Crippen LogP) is 3.04. The third kappa shape index (κ3) is 2.73. The number of anilines is 2. The van der Waals surface area contributed by atoms with Crippen LogP contribution in [0.15, 0.2) is 47.1 Å². The Kier molecular flexibility index (Phi) is 3.41. The van der Waals surface area contributed by atoms with Crippen molar-refractivity contribution in [3.8, 4) is 0 Å². The third-order valence-electron chi connectivity index (χ3n) is 2.23. The van der Waals surface area contributed by atoms with Crippen LogP contribution in [0.3, 0.4) is 0 Å². The Labute approximate surface area is 103 Å². The molecule has 16 heavy (non-hydrogen) atoms. The molecular weight excluding hydrogens is 266 g/mol. The number of rotatable bonds is 3. The number of nitrogens with two attached hydrogens (primary N) is 1. The molecule has 1 heterocycles. The molecular formula is C12H12BrN3. The van der Waals surface area contributed by atoms with Crippen LogP contribution in [-0.2, 0) is 6.54 Å². The third-order valence-corrected chi connectivity index (χ3v) is 2.73. The number of halogens is 1. The second kappa shape index (κ2) is 4.99. The minimum Gasteiger partial charge on any atom is -0.383 e. The van der Waals surface area contributed by atoms with Gasteiger partial charge in [0.05, 0.1) is 0 Å². The smallest absolute Gasteiger partial charge is 0.128 e. The molecule has 0 aliphatic carbocycles. The molecule has 0 unspecified atom stereocenters. The van der Waals surface area contributed by atoms with E-state index in [1.165, 1.54) is 0 Å². The highest BCUT2D eigenvalue weighted by Gasteiger charge is 1.99. The minimum atomic E-state index is 0.574. The molecule has 2 aromatic rings. The van der Waals surface area contributed by atoms with Crippen LogP contribution in [0, 0.1) is 0 Å². The summed E-state index contributed by atoms with van der Waals surface area (Å²) in [5.41, 5.74) is 7.81. The Morgan fingerprint density at radius 3 is 2.88 bits per heavy atom. The summed E-state index contributed by atoms with van der Waals surface area (Å²) in [6.07, 6.45) is 1.69. The van der Waals surface area contributed by atoms with Gasteiger partial charge in [-0.05, 0) is 24.3 Å². The highest BCUT2D eigenvalue weighted by molar-refractivity contribution is 9.10. The molecule has 0 aliphatic heterocycles. The molecule has 0 bridgehead atoms. The maximum absolute atomic E-state index is 5.75. The quantitative estimate of drug-likeness (QED) is 0.907. The lowest BCUT2D eigenvalue weighted by molar-refractivity contribution is 1.12. The van der Waals surface area contributed by atoms with Crippen molar-refractivity contribution in [1.29, 1.82) is 0 Å². The molecule has 0 saturated carbocycles. The highest BCUT2D eigenvalue weighted by Crippen LogP contribution is 2.17. The summed E-state index contributed by atoms with van der Waals surface area (Å²) in [5, 5.41) is 3.29. The lowest BCUT2D eigenvalue weighted by atomic mass is 10.2. The first-order valence-electron chi connectivity index (χ1n) is 4.94. The van der Waals surface area contributed by atoms with Gasteiger partial charge in [0, 0.05) is 28.5 Å². The van der Waals surface area contributed by atoms with E-state index in [1.807, 2.05) is 36.4 Å². The molecule has 0 atom stereocenters. The van der Waals surface area contributed by atoms with E-state index in [0.717, 1.165) is 15.7 Å². The molecule has 3 N–H and O–H groups in total. The molecule has 0 radical (unpaired) electrons. The van der Waals surface area contributed by atoms with E-state index >= 15 is 0 Å². The summed E-state index contributed by atoms with van der Waals surface area (Å²) < 4.78 is 1.05. The van der Waals surface area contributed by atoms with Crippen LogP contribution in [-0.4, -0.2) is 4.98 Å². The molecule has 1 aromatic heterocycles. The van der Waals surface area contributed by atoms with Gasteiger partial charge < -0.3 is 11.1 Å². The molecule has 0 saturated heterocycles. The summed E-state index contributed by atoms with van der Waals surface area (Å²) in [4.78, 5) is 4.04. The van der Waals surface area contributed by atoms with Crippen molar-refractivity contribution >= 4 is 27.4 Å². The Hall–Kier alpha value is -1.55. The molecule has 4 heteroatoms. The fourth-order valence-electron chi connectivity index (χ4n) is 1.40. The first kappa shape index (κ1) is 11.0. The molecule has 2 rings (SSSR count). The van der Waals surface area contributed by atoms with Gasteiger partial charge in [0.25, 0.3) is 0 Å². The first-order chi connectivity index (χ1) is 7.75. The van der Waals surface area contributed by atoms with E-state index in [1.54, 1.807) is 6.20 Å². The van der Waals surface area contributed by atoms with E-state index in [4.69, 9.17) is 5.73 Å². The number of hydrogen-bond donors (Lipinski definition) is 2. The van der Waals surface area contributed by atoms with Crippen LogP contribution in [0.2, 0.25) is 0 Å². The van der Waals surface area contributed by atoms with Crippen molar-refractivity contribution in [3.63, 3.8) is 0 Å². The summed E-state index contributed by atoms with van der Waals surface area (Å²) in [5.74, 6) is 0.574. The van der Waals surface area contributed by atoms with E-state index in [-0.39, 0.29) is 0 Å². The van der Waals surface area contributed by atoms with Gasteiger partial charge in [-0.2, -0.15) is 0 Å². The average Bonchev–Trinajstić information content (AvgIpc) is 2.28. The van der Waals surface area contributed by atoms with Gasteiger partial charge >= 0.3 is 0 Å². The maximum Gasteiger partial charge on any atom is 0.128 e. The van der Waals surface area contributed by atoms with Crippen molar-refractivity contribution in [2.45, 2.75) is 6.54 Å². The van der Waals surface area contributed by atoms with Gasteiger partial charge in [-0.1, -0.05) is 28.1 Å². The van der Waals surface area contributed by atoms with Crippen molar-refractivity contribution < 1.29 is 0 Å². The average molecular weight is 278 g/mol. The summed E-state index contributed by atoms with van der Waals surface area (Å²) >= 11 is 3.43. The number of nitrogen functional groups attached to an aromatic ring is 1. The zero-order valence-corrected chi connectivity index (χ0v) is 10.2. The summed E-state index contributed by atoms with van der Waals surface area (Å²) in [6.45, 7) is 0.677. The molecule has 1 aromatic carbocycles. The van der Waals surface area contributed by atoms with Gasteiger partial charge in [0.1, 0.15) is 5.82 Å². The second-order valence-electron chi connectivity index (χ2n) is 3.41. The van der Waals surface area contributed by atoms with Gasteiger partial charge in [-0.25, -0.2) is 4.98 Å². The fourth-order valence-corrected chi connectivity index (χ4v) is 1.80. The van der Waals surface area contributed by atoms with Crippen LogP contribution in [0.5, 0.6) is 0 Å². The number of nitrogens with one attached hydrogen (secondary N) is 1. The number of benzene rings is 1. The van der Waals surface area contributed by atoms with E-state index < -0.39 is 0 Å². The van der Waals surface area contributed by atoms with Crippen LogP contribution in [0.4, 0.5) is 11.5 Å². The zero-order chi connectivity index (χ0) is 11.4. The maximum atomic E-state index is 5.75. The highest BCUT2D eigenvalue weighted by atomic mass is 79.9. The molecule has 82 valence electrons. The fraction of sp³-hybridized carbons (Fsp3) is 0.0833. The zero-order valence-electron chi connectivity index (χ0n) is 8.65. The van der Waals surface area contributed by atoms with Crippen molar-refractivity contribution in [3.05, 3.63) is 52.6 Å². The predicted molar refractivity (Wildman–Crippen MR) is 70.1 cm³/mol. The summed E-state index contributed by atoms with van der Waals surface area (Å²) in [7, 11) is 0. The molecule has 0 amide bonds. The van der Waals surface area contributed by atoms with E-state index in [9.17, 15) is 0 Å². The Morgan fingerprint density at radius 1 is 1.25 bits per heavy atom. The standard InChI is InChI=1S/C12H12BrN3/c13-10-4-1-5-11(7-10)16-8-9-3-2-6-15-12(9)14/h1-7,16H,8H2,(H2,14,15). The van der Waals surface area contributed by atoms with E-state index in [2.05, 4.69) is 26.2 Å². The Balaban J connectivity index is 2.05. The van der Waals surface area contributed by atoms with Gasteiger partial charge in [0.15, 0.2) is 0 Å². The summed E-state index contributed by atoms with van der Waals surface area (Å²) in [6, 6.07) is 11.9. The van der Waals surface area contributed by atoms with Gasteiger partial charge in [-0.3, -0.25) is 0 Å². The van der Waals surface area contributed by atoms with Crippen LogP contribution in [0.1, 0.15) is 5.56 Å². The Morgan fingerprint density at radius 2 is 2.12 bits per heavy atom. The SMILES string of the molecule is Nc1ncccc1CNc1cccc(Br)c1. The van der Waals surface area contributed by atoms with Crippen LogP contribution >= 0.6 is 15.9 Å². The number of nitrogens with zero attached hydrogens (tertiary/aromatic N) is 1. The minimum absolute atomic E-state index is 0.574. The Bertz CT molecular complexity index is 485. The van der Waals surface area contributed by atoms with E-state index in [0.29, 0.717) is 12.4 Å². The molecule has 0 aliphatic rings. The number of aromatic nitrogens is 1. The lowest BCUT2D eigenvalue weighted by Gasteiger charge is -2.08. The molecule has 0 fully saturated rings. The second-order valence-corrected chi connectivity index (χ2v) is 4.33. The van der Waals surface area contributed by atoms with Crippen LogP contribution < -0.4 is 11.1 Å².